The third-order valence-corrected chi connectivity index (χ3v) is 2.44. The van der Waals surface area contributed by atoms with Crippen molar-refractivity contribution in [1.82, 2.24) is 9.80 Å². The van der Waals surface area contributed by atoms with E-state index in [0.29, 0.717) is 9.80 Å². The van der Waals surface area contributed by atoms with E-state index >= 15 is 0 Å². The number of piperazine rings is 3. The van der Waals surface area contributed by atoms with E-state index in [2.05, 4.69) is 0 Å². The van der Waals surface area contributed by atoms with Crippen LogP contribution >= 0.6 is 0 Å². The van der Waals surface area contributed by atoms with Gasteiger partial charge in [0.15, 0.2) is 0 Å². The quantitative estimate of drug-likeness (QED) is 0.406. The van der Waals surface area contributed by atoms with Gasteiger partial charge in [-0.05, 0) is 0 Å². The first-order valence-corrected chi connectivity index (χ1v) is 3.72. The Morgan fingerprint density at radius 2 is 0.917 bits per heavy atom. The van der Waals surface area contributed by atoms with Crippen LogP contribution in [0.4, 0.5) is 17.6 Å². The number of hydrogen-bond donors (Lipinski definition) is 0. The van der Waals surface area contributed by atoms with Gasteiger partial charge in [0.2, 0.25) is 0 Å². The second-order valence-electron chi connectivity index (χ2n) is 3.06. The number of halogens is 4. The van der Waals surface area contributed by atoms with Crippen LogP contribution in [0.1, 0.15) is 0 Å². The van der Waals surface area contributed by atoms with Crippen LogP contribution in [0, 0.1) is 0 Å². The van der Waals surface area contributed by atoms with Gasteiger partial charge in [-0.1, -0.05) is 0 Å². The fraction of sp³-hybridized carbons (Fsp3) is 1.00. The Bertz CT molecular complexity index is 176. The molecule has 2 nitrogen and oxygen atoms in total. The lowest BCUT2D eigenvalue weighted by Crippen LogP contribution is -2.74. The average Bonchev–Trinajstić information content (AvgIpc) is 2.02. The van der Waals surface area contributed by atoms with Crippen molar-refractivity contribution >= 4 is 0 Å². The molecule has 0 radical (unpaired) electrons. The maximum atomic E-state index is 12.8. The van der Waals surface area contributed by atoms with Crippen molar-refractivity contribution in [3.8, 4) is 0 Å². The number of fused-ring (bicyclic) bond motifs is 3. The van der Waals surface area contributed by atoms with Crippen molar-refractivity contribution in [2.45, 2.75) is 12.1 Å². The molecule has 3 rings (SSSR count). The zero-order valence-electron chi connectivity index (χ0n) is 6.23. The van der Waals surface area contributed by atoms with Crippen LogP contribution in [-0.2, 0) is 0 Å². The lowest BCUT2D eigenvalue weighted by Gasteiger charge is -2.51. The van der Waals surface area contributed by atoms with Gasteiger partial charge in [0.05, 0.1) is 0 Å². The molecule has 0 aromatic rings. The summed E-state index contributed by atoms with van der Waals surface area (Å²) < 4.78 is 51.2. The van der Waals surface area contributed by atoms with Crippen molar-refractivity contribution < 1.29 is 17.6 Å². The van der Waals surface area contributed by atoms with Crippen molar-refractivity contribution in [3.63, 3.8) is 0 Å². The van der Waals surface area contributed by atoms with Crippen molar-refractivity contribution in [2.24, 2.45) is 0 Å². The lowest BCUT2D eigenvalue weighted by atomic mass is 10.1. The standard InChI is InChI=1S/C6H8F4N2/c7-5(8)6(9,10)12-2-1-11(5)3-4-12/h1-4H2. The molecule has 0 unspecified atom stereocenters. The molecule has 2 bridgehead atoms. The summed E-state index contributed by atoms with van der Waals surface area (Å²) in [6.45, 7) is 0.121. The fourth-order valence-corrected chi connectivity index (χ4v) is 1.65. The Hall–Kier alpha value is -0.360. The van der Waals surface area contributed by atoms with Crippen LogP contribution in [0.2, 0.25) is 0 Å². The molecule has 3 fully saturated rings. The number of hydrogen-bond acceptors (Lipinski definition) is 2. The van der Waals surface area contributed by atoms with Gasteiger partial charge in [0, 0.05) is 26.2 Å². The summed E-state index contributed by atoms with van der Waals surface area (Å²) in [5.41, 5.74) is 0. The maximum absolute atomic E-state index is 12.8. The van der Waals surface area contributed by atoms with Crippen LogP contribution in [0.25, 0.3) is 0 Å². The number of alkyl halides is 4. The monoisotopic (exact) mass is 184 g/mol. The fourth-order valence-electron chi connectivity index (χ4n) is 1.65. The zero-order valence-corrected chi connectivity index (χ0v) is 6.23. The van der Waals surface area contributed by atoms with Crippen LogP contribution in [0.5, 0.6) is 0 Å². The van der Waals surface area contributed by atoms with Gasteiger partial charge >= 0.3 is 12.1 Å². The van der Waals surface area contributed by atoms with Gasteiger partial charge in [-0.2, -0.15) is 17.6 Å². The van der Waals surface area contributed by atoms with E-state index in [-0.39, 0.29) is 26.2 Å². The summed E-state index contributed by atoms with van der Waals surface area (Å²) >= 11 is 0. The third-order valence-electron chi connectivity index (χ3n) is 2.44. The topological polar surface area (TPSA) is 6.48 Å². The van der Waals surface area contributed by atoms with Gasteiger partial charge in [0.25, 0.3) is 0 Å². The zero-order chi connectivity index (χ0) is 8.98. The molecular formula is C6H8F4N2. The minimum Gasteiger partial charge on any atom is -0.235 e. The summed E-state index contributed by atoms with van der Waals surface area (Å²) in [6.07, 6.45) is 0. The summed E-state index contributed by atoms with van der Waals surface area (Å²) in [4.78, 5) is 1.10. The Labute approximate surface area is 66.7 Å². The second kappa shape index (κ2) is 2.11. The van der Waals surface area contributed by atoms with E-state index < -0.39 is 12.1 Å². The smallest absolute Gasteiger partial charge is 0.235 e. The SMILES string of the molecule is FC1(F)N2CCN(CC2)C1(F)F. The molecule has 3 heterocycles. The molecule has 0 aromatic carbocycles. The summed E-state index contributed by atoms with van der Waals surface area (Å²) in [5.74, 6) is 0. The minimum atomic E-state index is -3.98. The van der Waals surface area contributed by atoms with Gasteiger partial charge in [0.1, 0.15) is 0 Å². The Balaban J connectivity index is 2.35. The van der Waals surface area contributed by atoms with Crippen molar-refractivity contribution in [3.05, 3.63) is 0 Å². The molecule has 0 N–H and O–H groups in total. The third kappa shape index (κ3) is 0.767. The highest BCUT2D eigenvalue weighted by Crippen LogP contribution is 2.44. The first kappa shape index (κ1) is 8.25. The predicted octanol–water partition coefficient (Wildman–Crippen LogP) is 0.803. The summed E-state index contributed by atoms with van der Waals surface area (Å²) in [6, 6.07) is -7.97. The highest BCUT2D eigenvalue weighted by molar-refractivity contribution is 4.95. The molecule has 12 heavy (non-hydrogen) atoms. The maximum Gasteiger partial charge on any atom is 0.382 e. The Kier molecular flexibility index (Phi) is 1.45. The minimum absolute atomic E-state index is 0.0303. The highest BCUT2D eigenvalue weighted by atomic mass is 19.3. The van der Waals surface area contributed by atoms with Gasteiger partial charge < -0.3 is 0 Å². The van der Waals surface area contributed by atoms with Crippen molar-refractivity contribution in [1.29, 1.82) is 0 Å². The molecule has 70 valence electrons. The molecule has 3 saturated heterocycles. The first-order valence-electron chi connectivity index (χ1n) is 3.72. The van der Waals surface area contributed by atoms with E-state index in [4.69, 9.17) is 0 Å². The Morgan fingerprint density at radius 3 is 1.08 bits per heavy atom. The molecule has 6 heteroatoms. The normalized spacial score (nSPS) is 43.0. The van der Waals surface area contributed by atoms with E-state index in [1.54, 1.807) is 0 Å². The van der Waals surface area contributed by atoms with Gasteiger partial charge in [-0.25, -0.2) is 9.80 Å². The molecule has 0 atom stereocenters. The van der Waals surface area contributed by atoms with Crippen molar-refractivity contribution in [2.75, 3.05) is 26.2 Å². The average molecular weight is 184 g/mol. The molecule has 0 aliphatic carbocycles. The molecule has 0 amide bonds. The number of nitrogens with zero attached hydrogens (tertiary/aromatic N) is 2. The summed E-state index contributed by atoms with van der Waals surface area (Å²) in [5, 5.41) is 0. The molecule has 0 aromatic heterocycles. The molecular weight excluding hydrogens is 176 g/mol. The van der Waals surface area contributed by atoms with E-state index in [1.807, 2.05) is 0 Å². The Morgan fingerprint density at radius 1 is 0.667 bits per heavy atom. The van der Waals surface area contributed by atoms with Crippen LogP contribution in [0.15, 0.2) is 0 Å². The largest absolute Gasteiger partial charge is 0.382 e. The molecule has 0 spiro atoms. The molecule has 3 aliphatic rings. The number of rotatable bonds is 0. The predicted molar refractivity (Wildman–Crippen MR) is 33.0 cm³/mol. The van der Waals surface area contributed by atoms with Crippen LogP contribution < -0.4 is 0 Å². The van der Waals surface area contributed by atoms with E-state index in [0.717, 1.165) is 0 Å². The first-order chi connectivity index (χ1) is 5.46. The van der Waals surface area contributed by atoms with E-state index in [9.17, 15) is 17.6 Å². The van der Waals surface area contributed by atoms with Crippen LogP contribution in [0.3, 0.4) is 0 Å². The highest BCUT2D eigenvalue weighted by Gasteiger charge is 2.68. The van der Waals surface area contributed by atoms with Gasteiger partial charge in [-0.3, -0.25) is 0 Å². The lowest BCUT2D eigenvalue weighted by molar-refractivity contribution is -0.383. The summed E-state index contributed by atoms with van der Waals surface area (Å²) in [7, 11) is 0. The molecule has 3 aliphatic heterocycles. The van der Waals surface area contributed by atoms with Crippen LogP contribution in [-0.4, -0.2) is 48.1 Å². The van der Waals surface area contributed by atoms with Gasteiger partial charge in [-0.15, -0.1) is 0 Å². The second-order valence-corrected chi connectivity index (χ2v) is 3.06. The molecule has 0 saturated carbocycles. The van der Waals surface area contributed by atoms with E-state index in [1.165, 1.54) is 0 Å².